The normalized spacial score (nSPS) is 14.2. The predicted molar refractivity (Wildman–Crippen MR) is 137 cm³/mol. The lowest BCUT2D eigenvalue weighted by atomic mass is 10.0. The Morgan fingerprint density at radius 3 is 2.37 bits per heavy atom. The van der Waals surface area contributed by atoms with Crippen molar-refractivity contribution in [3.05, 3.63) is 83.4 Å². The molecule has 3 heterocycles. The van der Waals surface area contributed by atoms with Crippen LogP contribution in [0, 0.1) is 0 Å². The molecule has 1 aliphatic carbocycles. The van der Waals surface area contributed by atoms with Crippen molar-refractivity contribution >= 4 is 22.3 Å². The zero-order valence-corrected chi connectivity index (χ0v) is 21.3. The number of carbonyl (C=O) groups excluding carboxylic acids is 1. The molecule has 1 saturated carbocycles. The zero-order chi connectivity index (χ0) is 28.9. The van der Waals surface area contributed by atoms with E-state index >= 15 is 0 Å². The Morgan fingerprint density at radius 2 is 1.66 bits per heavy atom. The predicted octanol–water partition coefficient (Wildman–Crippen LogP) is 6.48. The average Bonchev–Trinajstić information content (AvgIpc) is 3.52. The molecule has 0 bridgehead atoms. The van der Waals surface area contributed by atoms with Crippen LogP contribution < -0.4 is 5.32 Å². The van der Waals surface area contributed by atoms with E-state index in [9.17, 15) is 31.1 Å². The number of fused-ring (bicyclic) bond motifs is 2. The fraction of sp³-hybridized carbons (Fsp3) is 0.286. The summed E-state index contributed by atoms with van der Waals surface area (Å²) < 4.78 is 83.2. The topological polar surface area (TPSA) is 77.1 Å². The number of rotatable bonds is 7. The van der Waals surface area contributed by atoms with E-state index in [1.54, 1.807) is 18.2 Å². The summed E-state index contributed by atoms with van der Waals surface area (Å²) in [5.74, 6) is -0.685. The summed E-state index contributed by atoms with van der Waals surface area (Å²) in [5, 5.41) is 11.9. The van der Waals surface area contributed by atoms with E-state index in [1.165, 1.54) is 10.7 Å². The smallest absolute Gasteiger partial charge is 0.351 e. The van der Waals surface area contributed by atoms with Gasteiger partial charge in [0.2, 0.25) is 0 Å². The molecule has 0 atom stereocenters. The van der Waals surface area contributed by atoms with E-state index in [0.717, 1.165) is 35.7 Å². The van der Waals surface area contributed by atoms with Gasteiger partial charge in [0.15, 0.2) is 22.7 Å². The molecule has 0 radical (unpaired) electrons. The van der Waals surface area contributed by atoms with Gasteiger partial charge >= 0.3 is 12.4 Å². The SMILES string of the molecule is O=C(NCCCn1nc(C(F)(F)F)cc1C1CC1)c1cc2nc(-c3ccc4ccccc4c3)cc(C(F)(F)F)n2n1. The van der Waals surface area contributed by atoms with Crippen LogP contribution in [0.15, 0.2) is 60.7 Å². The minimum absolute atomic E-state index is 0.0426. The Balaban J connectivity index is 1.20. The first-order valence-electron chi connectivity index (χ1n) is 12.9. The largest absolute Gasteiger partial charge is 0.435 e. The Labute approximate surface area is 228 Å². The van der Waals surface area contributed by atoms with Crippen molar-refractivity contribution in [2.75, 3.05) is 6.54 Å². The number of carbonyl (C=O) groups is 1. The maximum atomic E-state index is 14.0. The molecule has 1 fully saturated rings. The monoisotopic (exact) mass is 572 g/mol. The van der Waals surface area contributed by atoms with Gasteiger partial charge in [-0.3, -0.25) is 9.48 Å². The number of benzene rings is 2. The highest BCUT2D eigenvalue weighted by atomic mass is 19.4. The molecular formula is C28H22F6N6O. The fourth-order valence-electron chi connectivity index (χ4n) is 4.76. The van der Waals surface area contributed by atoms with Crippen LogP contribution in [0.2, 0.25) is 0 Å². The van der Waals surface area contributed by atoms with E-state index < -0.39 is 29.6 Å². The van der Waals surface area contributed by atoms with Crippen LogP contribution in [-0.4, -0.2) is 36.8 Å². The van der Waals surface area contributed by atoms with Crippen molar-refractivity contribution in [3.63, 3.8) is 0 Å². The van der Waals surface area contributed by atoms with E-state index in [-0.39, 0.29) is 42.5 Å². The number of halogens is 6. The van der Waals surface area contributed by atoms with Gasteiger partial charge in [-0.1, -0.05) is 36.4 Å². The summed E-state index contributed by atoms with van der Waals surface area (Å²) in [7, 11) is 0. The van der Waals surface area contributed by atoms with Gasteiger partial charge < -0.3 is 5.32 Å². The highest BCUT2D eigenvalue weighted by molar-refractivity contribution is 5.93. The van der Waals surface area contributed by atoms with E-state index in [0.29, 0.717) is 15.8 Å². The zero-order valence-electron chi connectivity index (χ0n) is 21.3. The number of nitrogens with one attached hydrogen (secondary N) is 1. The van der Waals surface area contributed by atoms with Gasteiger partial charge in [0.25, 0.3) is 5.91 Å². The molecule has 212 valence electrons. The number of amides is 1. The number of aryl methyl sites for hydroxylation is 1. The summed E-state index contributed by atoms with van der Waals surface area (Å²) in [6.07, 6.45) is -7.47. The van der Waals surface area contributed by atoms with E-state index in [1.807, 2.05) is 24.3 Å². The van der Waals surface area contributed by atoms with Gasteiger partial charge in [-0.25, -0.2) is 9.50 Å². The van der Waals surface area contributed by atoms with Crippen molar-refractivity contribution < 1.29 is 31.1 Å². The molecule has 0 unspecified atom stereocenters. The summed E-state index contributed by atoms with van der Waals surface area (Å²) in [5.41, 5.74) is -1.40. The van der Waals surface area contributed by atoms with Crippen LogP contribution in [0.5, 0.6) is 0 Å². The summed E-state index contributed by atoms with van der Waals surface area (Å²) in [6, 6.07) is 15.8. The van der Waals surface area contributed by atoms with E-state index in [2.05, 4.69) is 20.5 Å². The third-order valence-corrected chi connectivity index (χ3v) is 6.92. The first kappa shape index (κ1) is 26.8. The highest BCUT2D eigenvalue weighted by Gasteiger charge is 2.38. The average molecular weight is 573 g/mol. The molecule has 0 aliphatic heterocycles. The first-order chi connectivity index (χ1) is 19.5. The quantitative estimate of drug-likeness (QED) is 0.179. The second-order valence-corrected chi connectivity index (χ2v) is 9.94. The van der Waals surface area contributed by atoms with Crippen LogP contribution in [0.3, 0.4) is 0 Å². The number of aromatic nitrogens is 5. The molecule has 5 aromatic rings. The third-order valence-electron chi connectivity index (χ3n) is 6.92. The Morgan fingerprint density at radius 1 is 0.902 bits per heavy atom. The molecule has 2 aromatic carbocycles. The van der Waals surface area contributed by atoms with Crippen molar-refractivity contribution in [2.45, 2.75) is 44.1 Å². The van der Waals surface area contributed by atoms with Crippen LogP contribution >= 0.6 is 0 Å². The number of hydrogen-bond donors (Lipinski definition) is 1. The van der Waals surface area contributed by atoms with Gasteiger partial charge in [0.1, 0.15) is 0 Å². The molecule has 1 N–H and O–H groups in total. The Bertz CT molecular complexity index is 1770. The molecule has 1 aliphatic rings. The lowest BCUT2D eigenvalue weighted by molar-refractivity contribution is -0.143. The van der Waals surface area contributed by atoms with Crippen LogP contribution in [-0.2, 0) is 18.9 Å². The molecular weight excluding hydrogens is 550 g/mol. The Hall–Kier alpha value is -4.42. The molecule has 3 aromatic heterocycles. The minimum Gasteiger partial charge on any atom is -0.351 e. The highest BCUT2D eigenvalue weighted by Crippen LogP contribution is 2.42. The summed E-state index contributed by atoms with van der Waals surface area (Å²) >= 11 is 0. The standard InChI is InChI=1S/C28H22F6N6O/c29-27(30,31)23-15-22(17-7-8-17)39(38-23)11-3-10-35-26(41)21-14-25-36-20(13-24(28(32,33)34)40(25)37-21)19-9-6-16-4-1-2-5-18(16)12-19/h1-2,4-6,9,12-15,17H,3,7-8,10-11H2,(H,35,41). The van der Waals surface area contributed by atoms with Crippen LogP contribution in [0.1, 0.15) is 52.8 Å². The molecule has 0 spiro atoms. The van der Waals surface area contributed by atoms with Gasteiger partial charge in [-0.15, -0.1) is 0 Å². The molecule has 13 heteroatoms. The van der Waals surface area contributed by atoms with Crippen molar-refractivity contribution in [2.24, 2.45) is 0 Å². The second kappa shape index (κ2) is 9.89. The molecule has 41 heavy (non-hydrogen) atoms. The van der Waals surface area contributed by atoms with Crippen molar-refractivity contribution in [1.82, 2.24) is 29.7 Å². The lowest BCUT2D eigenvalue weighted by Crippen LogP contribution is -2.26. The van der Waals surface area contributed by atoms with Crippen LogP contribution in [0.4, 0.5) is 26.3 Å². The molecule has 1 amide bonds. The molecule has 6 rings (SSSR count). The summed E-state index contributed by atoms with van der Waals surface area (Å²) in [6.45, 7) is 0.197. The van der Waals surface area contributed by atoms with Crippen molar-refractivity contribution in [3.8, 4) is 11.3 Å². The summed E-state index contributed by atoms with van der Waals surface area (Å²) in [4.78, 5) is 17.1. The van der Waals surface area contributed by atoms with Crippen molar-refractivity contribution in [1.29, 1.82) is 0 Å². The third kappa shape index (κ3) is 5.48. The van der Waals surface area contributed by atoms with E-state index in [4.69, 9.17) is 0 Å². The number of nitrogens with zero attached hydrogens (tertiary/aromatic N) is 5. The lowest BCUT2D eigenvalue weighted by Gasteiger charge is -2.11. The molecule has 7 nitrogen and oxygen atoms in total. The molecule has 0 saturated heterocycles. The maximum Gasteiger partial charge on any atom is 0.435 e. The number of hydrogen-bond acceptors (Lipinski definition) is 4. The first-order valence-corrected chi connectivity index (χ1v) is 12.9. The fourth-order valence-corrected chi connectivity index (χ4v) is 4.76. The van der Waals surface area contributed by atoms with Crippen LogP contribution in [0.25, 0.3) is 27.7 Å². The number of alkyl halides is 6. The minimum atomic E-state index is -4.77. The van der Waals surface area contributed by atoms with Gasteiger partial charge in [0.05, 0.1) is 5.69 Å². The van der Waals surface area contributed by atoms with Gasteiger partial charge in [-0.2, -0.15) is 36.5 Å². The van der Waals surface area contributed by atoms with Gasteiger partial charge in [-0.05, 0) is 48.2 Å². The maximum absolute atomic E-state index is 14.0. The second-order valence-electron chi connectivity index (χ2n) is 9.94. The Kier molecular flexibility index (Phi) is 6.46. The van der Waals surface area contributed by atoms with Gasteiger partial charge in [0, 0.05) is 36.3 Å².